The van der Waals surface area contributed by atoms with Gasteiger partial charge in [-0.05, 0) is 19.1 Å². The molecule has 0 spiro atoms. The smallest absolute Gasteiger partial charge is 0.331 e. The summed E-state index contributed by atoms with van der Waals surface area (Å²) in [4.78, 5) is 43.6. The van der Waals surface area contributed by atoms with Gasteiger partial charge in [-0.3, -0.25) is 18.7 Å². The lowest BCUT2D eigenvalue weighted by atomic mass is 10.3. The van der Waals surface area contributed by atoms with Crippen molar-refractivity contribution < 1.29 is 4.79 Å². The summed E-state index contributed by atoms with van der Waals surface area (Å²) < 4.78 is 2.08. The Morgan fingerprint density at radius 1 is 1.21 bits per heavy atom. The van der Waals surface area contributed by atoms with Gasteiger partial charge in [0.2, 0.25) is 0 Å². The van der Waals surface area contributed by atoms with Crippen molar-refractivity contribution in [2.75, 3.05) is 0 Å². The summed E-state index contributed by atoms with van der Waals surface area (Å²) in [5, 5.41) is 2.75. The fourth-order valence-corrected chi connectivity index (χ4v) is 2.47. The van der Waals surface area contributed by atoms with Crippen molar-refractivity contribution in [3.8, 4) is 0 Å². The van der Waals surface area contributed by atoms with Gasteiger partial charge in [-0.2, -0.15) is 0 Å². The SMILES string of the molecule is CC(NC(=O)c1cc(=O)n(C)c(=O)n1C)c1nc2ccccc2[nH]1. The first-order valence-corrected chi connectivity index (χ1v) is 7.41. The van der Waals surface area contributed by atoms with Gasteiger partial charge in [-0.15, -0.1) is 0 Å². The molecule has 1 amide bonds. The number of carbonyl (C=O) groups is 1. The lowest BCUT2D eigenvalue weighted by Gasteiger charge is -2.13. The lowest BCUT2D eigenvalue weighted by molar-refractivity contribution is 0.0928. The maximum absolute atomic E-state index is 12.4. The van der Waals surface area contributed by atoms with Gasteiger partial charge in [0.15, 0.2) is 0 Å². The Hall–Kier alpha value is -3.16. The molecule has 0 radical (unpaired) electrons. The number of amides is 1. The Labute approximate surface area is 136 Å². The molecule has 8 nitrogen and oxygen atoms in total. The van der Waals surface area contributed by atoms with Crippen LogP contribution >= 0.6 is 0 Å². The van der Waals surface area contributed by atoms with Gasteiger partial charge in [-0.25, -0.2) is 9.78 Å². The monoisotopic (exact) mass is 327 g/mol. The van der Waals surface area contributed by atoms with E-state index in [0.717, 1.165) is 26.2 Å². The highest BCUT2D eigenvalue weighted by molar-refractivity contribution is 5.92. The number of hydrogen-bond donors (Lipinski definition) is 2. The van der Waals surface area contributed by atoms with Crippen LogP contribution in [0.25, 0.3) is 11.0 Å². The van der Waals surface area contributed by atoms with E-state index in [0.29, 0.717) is 5.82 Å². The minimum absolute atomic E-state index is 0.00561. The third kappa shape index (κ3) is 2.62. The van der Waals surface area contributed by atoms with Crippen LogP contribution in [0.1, 0.15) is 29.3 Å². The van der Waals surface area contributed by atoms with E-state index in [4.69, 9.17) is 0 Å². The van der Waals surface area contributed by atoms with Gasteiger partial charge in [-0.1, -0.05) is 12.1 Å². The van der Waals surface area contributed by atoms with Crippen molar-refractivity contribution in [2.24, 2.45) is 14.1 Å². The van der Waals surface area contributed by atoms with E-state index in [1.165, 1.54) is 14.1 Å². The number of nitrogens with one attached hydrogen (secondary N) is 2. The Bertz CT molecular complexity index is 1010. The summed E-state index contributed by atoms with van der Waals surface area (Å²) >= 11 is 0. The van der Waals surface area contributed by atoms with Crippen LogP contribution in [0.4, 0.5) is 0 Å². The van der Waals surface area contributed by atoms with Crippen molar-refractivity contribution in [3.05, 3.63) is 62.7 Å². The van der Waals surface area contributed by atoms with Crippen molar-refractivity contribution in [1.29, 1.82) is 0 Å². The molecule has 8 heteroatoms. The molecule has 0 aliphatic carbocycles. The molecule has 124 valence electrons. The van der Waals surface area contributed by atoms with E-state index in [9.17, 15) is 14.4 Å². The van der Waals surface area contributed by atoms with E-state index in [2.05, 4.69) is 15.3 Å². The van der Waals surface area contributed by atoms with Gasteiger partial charge in [0.25, 0.3) is 11.5 Å². The summed E-state index contributed by atoms with van der Waals surface area (Å²) in [6, 6.07) is 8.26. The molecule has 0 saturated carbocycles. The van der Waals surface area contributed by atoms with Crippen LogP contribution in [0, 0.1) is 0 Å². The zero-order valence-electron chi connectivity index (χ0n) is 13.5. The van der Waals surface area contributed by atoms with Crippen molar-refractivity contribution in [2.45, 2.75) is 13.0 Å². The van der Waals surface area contributed by atoms with Gasteiger partial charge < -0.3 is 10.3 Å². The van der Waals surface area contributed by atoms with E-state index < -0.39 is 23.2 Å². The third-order valence-corrected chi connectivity index (χ3v) is 3.92. The minimum atomic E-state index is -0.552. The van der Waals surface area contributed by atoms with E-state index in [-0.39, 0.29) is 5.69 Å². The molecule has 2 aromatic heterocycles. The fourth-order valence-electron chi connectivity index (χ4n) is 2.47. The maximum Gasteiger partial charge on any atom is 0.331 e. The highest BCUT2D eigenvalue weighted by Crippen LogP contribution is 2.15. The summed E-state index contributed by atoms with van der Waals surface area (Å²) in [5.74, 6) is 0.0821. The van der Waals surface area contributed by atoms with Gasteiger partial charge in [0.1, 0.15) is 11.5 Å². The maximum atomic E-state index is 12.4. The van der Waals surface area contributed by atoms with Crippen LogP contribution in [-0.4, -0.2) is 25.0 Å². The van der Waals surface area contributed by atoms with Crippen LogP contribution in [-0.2, 0) is 14.1 Å². The molecule has 3 rings (SSSR count). The second-order valence-electron chi connectivity index (χ2n) is 5.60. The van der Waals surface area contributed by atoms with Crippen LogP contribution in [0.3, 0.4) is 0 Å². The second kappa shape index (κ2) is 5.80. The first-order valence-electron chi connectivity index (χ1n) is 7.41. The number of nitrogens with zero attached hydrogens (tertiary/aromatic N) is 3. The summed E-state index contributed by atoms with van der Waals surface area (Å²) in [7, 11) is 2.81. The molecule has 1 atom stereocenters. The fraction of sp³-hybridized carbons (Fsp3) is 0.250. The largest absolute Gasteiger partial charge is 0.341 e. The normalized spacial score (nSPS) is 12.3. The average Bonchev–Trinajstić information content (AvgIpc) is 3.00. The Balaban J connectivity index is 1.89. The molecular formula is C16H17N5O3. The first-order chi connectivity index (χ1) is 11.4. The average molecular weight is 327 g/mol. The molecule has 3 aromatic rings. The Kier molecular flexibility index (Phi) is 3.80. The Morgan fingerprint density at radius 3 is 2.62 bits per heavy atom. The summed E-state index contributed by atoms with van der Waals surface area (Å²) in [5.41, 5.74) is 0.596. The second-order valence-corrected chi connectivity index (χ2v) is 5.60. The van der Waals surface area contributed by atoms with E-state index in [1.54, 1.807) is 6.92 Å². The van der Waals surface area contributed by atoms with Crippen molar-refractivity contribution in [1.82, 2.24) is 24.4 Å². The molecular weight excluding hydrogens is 310 g/mol. The molecule has 0 fully saturated rings. The molecule has 24 heavy (non-hydrogen) atoms. The summed E-state index contributed by atoms with van der Waals surface area (Å²) in [6.07, 6.45) is 0. The highest BCUT2D eigenvalue weighted by atomic mass is 16.2. The quantitative estimate of drug-likeness (QED) is 0.729. The van der Waals surface area contributed by atoms with Gasteiger partial charge in [0.05, 0.1) is 17.1 Å². The molecule has 1 unspecified atom stereocenters. The number of fused-ring (bicyclic) bond motifs is 1. The molecule has 0 bridgehead atoms. The van der Waals surface area contributed by atoms with Crippen molar-refractivity contribution >= 4 is 16.9 Å². The molecule has 0 aliphatic heterocycles. The highest BCUT2D eigenvalue weighted by Gasteiger charge is 2.18. The number of imidazole rings is 1. The van der Waals surface area contributed by atoms with Crippen molar-refractivity contribution in [3.63, 3.8) is 0 Å². The van der Waals surface area contributed by atoms with E-state index in [1.807, 2.05) is 24.3 Å². The van der Waals surface area contributed by atoms with Crippen LogP contribution in [0.2, 0.25) is 0 Å². The number of rotatable bonds is 3. The molecule has 0 aliphatic rings. The van der Waals surface area contributed by atoms with Crippen LogP contribution in [0.5, 0.6) is 0 Å². The summed E-state index contributed by atoms with van der Waals surface area (Å²) in [6.45, 7) is 1.77. The Morgan fingerprint density at radius 2 is 1.92 bits per heavy atom. The topological polar surface area (TPSA) is 102 Å². The number of H-pyrrole nitrogens is 1. The van der Waals surface area contributed by atoms with E-state index >= 15 is 0 Å². The van der Waals surface area contributed by atoms with Gasteiger partial charge in [0, 0.05) is 20.2 Å². The zero-order chi connectivity index (χ0) is 17.4. The number of benzene rings is 1. The molecule has 1 aromatic carbocycles. The molecule has 2 N–H and O–H groups in total. The molecule has 0 saturated heterocycles. The zero-order valence-corrected chi connectivity index (χ0v) is 13.5. The van der Waals surface area contributed by atoms with Crippen LogP contribution < -0.4 is 16.6 Å². The number of hydrogen-bond acceptors (Lipinski definition) is 4. The first kappa shape index (κ1) is 15.7. The number of aromatic amines is 1. The third-order valence-electron chi connectivity index (χ3n) is 3.92. The predicted molar refractivity (Wildman–Crippen MR) is 88.9 cm³/mol. The number of carbonyl (C=O) groups excluding carboxylic acids is 1. The number of para-hydroxylation sites is 2. The lowest BCUT2D eigenvalue weighted by Crippen LogP contribution is -2.41. The van der Waals surface area contributed by atoms with Gasteiger partial charge >= 0.3 is 5.69 Å². The van der Waals surface area contributed by atoms with Crippen LogP contribution in [0.15, 0.2) is 39.9 Å². The number of aromatic nitrogens is 4. The predicted octanol–water partition coefficient (Wildman–Crippen LogP) is 0.451. The minimum Gasteiger partial charge on any atom is -0.341 e. The standard InChI is InChI=1S/C16H17N5O3/c1-9(14-18-10-6-4-5-7-11(10)19-14)17-15(23)12-8-13(22)21(3)16(24)20(12)2/h4-9H,1-3H3,(H,17,23)(H,18,19). The molecule has 2 heterocycles.